The molecule has 3 rings (SSSR count). The standard InChI is InChI=1S/C15H7ClF3NOS/c16-11-7-3-1-2-4-10(7)22-14(11)15(21)20-9-6-5-8(17)12(18)13(9)19/h1-6H,(H,20,21). The van der Waals surface area contributed by atoms with Crippen LogP contribution in [-0.4, -0.2) is 5.91 Å². The van der Waals surface area contributed by atoms with E-state index in [0.29, 0.717) is 5.39 Å². The Bertz CT molecular complexity index is 894. The van der Waals surface area contributed by atoms with Gasteiger partial charge in [-0.1, -0.05) is 29.8 Å². The summed E-state index contributed by atoms with van der Waals surface area (Å²) in [7, 11) is 0. The Morgan fingerprint density at radius 1 is 1.05 bits per heavy atom. The lowest BCUT2D eigenvalue weighted by atomic mass is 10.2. The highest BCUT2D eigenvalue weighted by Crippen LogP contribution is 2.35. The quantitative estimate of drug-likeness (QED) is 0.636. The first-order chi connectivity index (χ1) is 10.5. The van der Waals surface area contributed by atoms with Gasteiger partial charge in [-0.2, -0.15) is 0 Å². The van der Waals surface area contributed by atoms with E-state index in [4.69, 9.17) is 11.6 Å². The van der Waals surface area contributed by atoms with E-state index in [9.17, 15) is 18.0 Å². The fourth-order valence-corrected chi connectivity index (χ4v) is 3.37. The molecule has 0 fully saturated rings. The van der Waals surface area contributed by atoms with Crippen molar-refractivity contribution in [3.8, 4) is 0 Å². The topological polar surface area (TPSA) is 29.1 Å². The summed E-state index contributed by atoms with van der Waals surface area (Å²) in [5, 5.41) is 3.14. The summed E-state index contributed by atoms with van der Waals surface area (Å²) in [4.78, 5) is 12.4. The minimum Gasteiger partial charge on any atom is -0.319 e. The zero-order chi connectivity index (χ0) is 15.9. The van der Waals surface area contributed by atoms with Crippen LogP contribution in [0.1, 0.15) is 9.67 Å². The Labute approximate surface area is 132 Å². The molecule has 112 valence electrons. The average Bonchev–Trinajstić information content (AvgIpc) is 2.85. The summed E-state index contributed by atoms with van der Waals surface area (Å²) < 4.78 is 40.4. The van der Waals surface area contributed by atoms with E-state index in [-0.39, 0.29) is 9.90 Å². The first-order valence-corrected chi connectivity index (χ1v) is 7.30. The molecule has 0 aliphatic heterocycles. The molecule has 2 nitrogen and oxygen atoms in total. The molecule has 0 bridgehead atoms. The molecule has 0 spiro atoms. The van der Waals surface area contributed by atoms with Gasteiger partial charge >= 0.3 is 0 Å². The number of fused-ring (bicyclic) bond motifs is 1. The molecule has 22 heavy (non-hydrogen) atoms. The van der Waals surface area contributed by atoms with Crippen molar-refractivity contribution in [1.82, 2.24) is 0 Å². The Morgan fingerprint density at radius 3 is 2.50 bits per heavy atom. The number of carbonyl (C=O) groups excluding carboxylic acids is 1. The lowest BCUT2D eigenvalue weighted by Crippen LogP contribution is -2.13. The maximum Gasteiger partial charge on any atom is 0.267 e. The summed E-state index contributed by atoms with van der Waals surface area (Å²) in [5.41, 5.74) is -0.447. The van der Waals surface area contributed by atoms with Crippen molar-refractivity contribution in [2.45, 2.75) is 0 Å². The number of nitrogens with one attached hydrogen (secondary N) is 1. The lowest BCUT2D eigenvalue weighted by molar-refractivity contribution is 0.103. The van der Waals surface area contributed by atoms with Gasteiger partial charge in [-0.05, 0) is 18.2 Å². The van der Waals surface area contributed by atoms with Crippen molar-refractivity contribution in [2.24, 2.45) is 0 Å². The molecule has 0 unspecified atom stereocenters. The molecule has 3 aromatic rings. The summed E-state index contributed by atoms with van der Waals surface area (Å²) in [6, 6.07) is 8.81. The van der Waals surface area contributed by atoms with Crippen LogP contribution in [-0.2, 0) is 0 Å². The second-order valence-corrected chi connectivity index (χ2v) is 5.85. The van der Waals surface area contributed by atoms with Gasteiger partial charge < -0.3 is 5.32 Å². The van der Waals surface area contributed by atoms with Crippen LogP contribution in [0.25, 0.3) is 10.1 Å². The number of rotatable bonds is 2. The van der Waals surface area contributed by atoms with E-state index in [1.807, 2.05) is 0 Å². The summed E-state index contributed by atoms with van der Waals surface area (Å²) >= 11 is 7.27. The third kappa shape index (κ3) is 2.44. The SMILES string of the molecule is O=C(Nc1ccc(F)c(F)c1F)c1sc2ccccc2c1Cl. The van der Waals surface area contributed by atoms with Gasteiger partial charge in [-0.3, -0.25) is 4.79 Å². The Kier molecular flexibility index (Phi) is 3.80. The van der Waals surface area contributed by atoms with E-state index in [2.05, 4.69) is 5.32 Å². The molecule has 1 amide bonds. The van der Waals surface area contributed by atoms with Gasteiger partial charge in [-0.15, -0.1) is 11.3 Å². The van der Waals surface area contributed by atoms with Crippen LogP contribution in [0.3, 0.4) is 0 Å². The van der Waals surface area contributed by atoms with E-state index in [1.54, 1.807) is 24.3 Å². The smallest absolute Gasteiger partial charge is 0.267 e. The predicted octanol–water partition coefficient (Wildman–Crippen LogP) is 5.22. The number of hydrogen-bond donors (Lipinski definition) is 1. The van der Waals surface area contributed by atoms with Crippen LogP contribution in [0.2, 0.25) is 5.02 Å². The third-order valence-corrected chi connectivity index (χ3v) is 4.70. The first kappa shape index (κ1) is 14.9. The van der Waals surface area contributed by atoms with Crippen molar-refractivity contribution in [2.75, 3.05) is 5.32 Å². The molecule has 1 heterocycles. The molecule has 0 aliphatic carbocycles. The minimum atomic E-state index is -1.64. The molecule has 0 radical (unpaired) electrons. The second kappa shape index (κ2) is 5.62. The second-order valence-electron chi connectivity index (χ2n) is 4.42. The molecular weight excluding hydrogens is 335 g/mol. The van der Waals surface area contributed by atoms with Gasteiger partial charge in [0.25, 0.3) is 5.91 Å². The van der Waals surface area contributed by atoms with E-state index in [1.165, 1.54) is 0 Å². The number of benzene rings is 2. The van der Waals surface area contributed by atoms with Crippen LogP contribution in [0.15, 0.2) is 36.4 Å². The van der Waals surface area contributed by atoms with Crippen LogP contribution in [0.5, 0.6) is 0 Å². The van der Waals surface area contributed by atoms with Gasteiger partial charge in [0.2, 0.25) is 0 Å². The average molecular weight is 342 g/mol. The van der Waals surface area contributed by atoms with Gasteiger partial charge in [0.15, 0.2) is 17.5 Å². The van der Waals surface area contributed by atoms with Gasteiger partial charge in [0.05, 0.1) is 10.7 Å². The fraction of sp³-hybridized carbons (Fsp3) is 0. The number of anilines is 1. The maximum absolute atomic E-state index is 13.6. The van der Waals surface area contributed by atoms with Gasteiger partial charge in [-0.25, -0.2) is 13.2 Å². The Hall–Kier alpha value is -2.05. The number of amides is 1. The summed E-state index contributed by atoms with van der Waals surface area (Å²) in [6.07, 6.45) is 0. The predicted molar refractivity (Wildman–Crippen MR) is 81.1 cm³/mol. The molecule has 0 aliphatic rings. The molecule has 1 N–H and O–H groups in total. The lowest BCUT2D eigenvalue weighted by Gasteiger charge is -2.06. The van der Waals surface area contributed by atoms with Crippen LogP contribution in [0, 0.1) is 17.5 Å². The van der Waals surface area contributed by atoms with Gasteiger partial charge in [0, 0.05) is 10.1 Å². The zero-order valence-electron chi connectivity index (χ0n) is 10.8. The number of hydrogen-bond acceptors (Lipinski definition) is 2. The van der Waals surface area contributed by atoms with E-state index < -0.39 is 29.0 Å². The van der Waals surface area contributed by atoms with Crippen molar-refractivity contribution >= 4 is 44.6 Å². The van der Waals surface area contributed by atoms with Crippen molar-refractivity contribution < 1.29 is 18.0 Å². The largest absolute Gasteiger partial charge is 0.319 e. The van der Waals surface area contributed by atoms with Crippen LogP contribution in [0.4, 0.5) is 18.9 Å². The molecular formula is C15H7ClF3NOS. The van der Waals surface area contributed by atoms with Crippen molar-refractivity contribution in [3.63, 3.8) is 0 Å². The summed E-state index contributed by atoms with van der Waals surface area (Å²) in [5.74, 6) is -5.10. The monoisotopic (exact) mass is 341 g/mol. The highest BCUT2D eigenvalue weighted by Gasteiger charge is 2.20. The van der Waals surface area contributed by atoms with Crippen molar-refractivity contribution in [1.29, 1.82) is 0 Å². The zero-order valence-corrected chi connectivity index (χ0v) is 12.4. The third-order valence-electron chi connectivity index (χ3n) is 3.02. The van der Waals surface area contributed by atoms with Gasteiger partial charge in [0.1, 0.15) is 4.88 Å². The maximum atomic E-state index is 13.6. The minimum absolute atomic E-state index is 0.173. The number of carbonyl (C=O) groups is 1. The molecule has 0 saturated heterocycles. The molecule has 0 saturated carbocycles. The molecule has 2 aromatic carbocycles. The van der Waals surface area contributed by atoms with Crippen molar-refractivity contribution in [3.05, 3.63) is 63.7 Å². The van der Waals surface area contributed by atoms with E-state index >= 15 is 0 Å². The Balaban J connectivity index is 1.97. The van der Waals surface area contributed by atoms with E-state index in [0.717, 1.165) is 28.2 Å². The molecule has 7 heteroatoms. The highest BCUT2D eigenvalue weighted by molar-refractivity contribution is 7.21. The normalized spacial score (nSPS) is 10.9. The number of halogens is 4. The first-order valence-electron chi connectivity index (χ1n) is 6.11. The highest BCUT2D eigenvalue weighted by atomic mass is 35.5. The Morgan fingerprint density at radius 2 is 1.77 bits per heavy atom. The fourth-order valence-electron chi connectivity index (χ4n) is 1.96. The van der Waals surface area contributed by atoms with Crippen LogP contribution >= 0.6 is 22.9 Å². The molecule has 1 aromatic heterocycles. The number of thiophene rings is 1. The summed E-state index contributed by atoms with van der Waals surface area (Å²) in [6.45, 7) is 0. The van der Waals surface area contributed by atoms with Crippen LogP contribution < -0.4 is 5.32 Å². The molecule has 0 atom stereocenters.